The van der Waals surface area contributed by atoms with Crippen molar-refractivity contribution in [3.63, 3.8) is 0 Å². The smallest absolute Gasteiger partial charge is 0.365 e. The monoisotopic (exact) mass is 466 g/mol. The number of ether oxygens (including phenoxy) is 4. The normalized spacial score (nSPS) is 12.0. The number of hydrogen-bond acceptors (Lipinski definition) is 10. The molecule has 1 aliphatic rings. The SMILES string of the molecule is COc1ccc(C(=O)ON=C2C=CC(=NOC(=O)c3ccc(OC)c(OC)c3)C=C2)cc1OC. The van der Waals surface area contributed by atoms with Crippen LogP contribution in [0.1, 0.15) is 20.7 Å². The minimum atomic E-state index is -0.668. The average Bonchev–Trinajstić information content (AvgIpc) is 2.89. The van der Waals surface area contributed by atoms with E-state index in [1.165, 1.54) is 52.7 Å². The summed E-state index contributed by atoms with van der Waals surface area (Å²) in [5, 5.41) is 7.61. The second-order valence-electron chi connectivity index (χ2n) is 6.60. The Balaban J connectivity index is 1.59. The lowest BCUT2D eigenvalue weighted by atomic mass is 10.1. The van der Waals surface area contributed by atoms with Crippen molar-refractivity contribution in [1.82, 2.24) is 0 Å². The lowest BCUT2D eigenvalue weighted by molar-refractivity contribution is 0.0507. The Kier molecular flexibility index (Phi) is 8.01. The summed E-state index contributed by atoms with van der Waals surface area (Å²) < 4.78 is 20.6. The molecule has 10 heteroatoms. The standard InChI is InChI=1S/C24H22N2O8/c1-29-19-11-5-15(13-21(19)31-3)23(27)33-25-17-7-9-18(10-8-17)26-34-24(28)16-6-12-20(30-2)22(14-16)32-4/h5-14H,1-4H3. The molecule has 0 fully saturated rings. The topological polar surface area (TPSA) is 114 Å². The van der Waals surface area contributed by atoms with Crippen LogP contribution in [-0.2, 0) is 9.68 Å². The number of benzene rings is 2. The average molecular weight is 466 g/mol. The molecule has 0 saturated heterocycles. The van der Waals surface area contributed by atoms with Gasteiger partial charge in [-0.3, -0.25) is 0 Å². The van der Waals surface area contributed by atoms with Gasteiger partial charge >= 0.3 is 11.9 Å². The zero-order chi connectivity index (χ0) is 24.5. The van der Waals surface area contributed by atoms with E-state index in [1.807, 2.05) is 0 Å². The van der Waals surface area contributed by atoms with Crippen molar-refractivity contribution in [1.29, 1.82) is 0 Å². The van der Waals surface area contributed by atoms with Crippen LogP contribution in [0.25, 0.3) is 0 Å². The highest BCUT2D eigenvalue weighted by Crippen LogP contribution is 2.28. The van der Waals surface area contributed by atoms with Crippen LogP contribution in [0.5, 0.6) is 23.0 Å². The van der Waals surface area contributed by atoms with Gasteiger partial charge in [-0.05, 0) is 60.7 Å². The van der Waals surface area contributed by atoms with Crippen LogP contribution < -0.4 is 18.9 Å². The third-order valence-corrected chi connectivity index (χ3v) is 4.56. The summed E-state index contributed by atoms with van der Waals surface area (Å²) in [6.45, 7) is 0. The number of rotatable bonds is 8. The zero-order valence-corrected chi connectivity index (χ0v) is 18.9. The van der Waals surface area contributed by atoms with Crippen LogP contribution in [0, 0.1) is 0 Å². The third kappa shape index (κ3) is 5.80. The van der Waals surface area contributed by atoms with Gasteiger partial charge in [0.25, 0.3) is 0 Å². The molecular weight excluding hydrogens is 444 g/mol. The molecule has 0 N–H and O–H groups in total. The molecule has 1 aliphatic carbocycles. The van der Waals surface area contributed by atoms with Gasteiger partial charge in [0, 0.05) is 0 Å². The lowest BCUT2D eigenvalue weighted by Gasteiger charge is -2.08. The predicted octanol–water partition coefficient (Wildman–Crippen LogP) is 3.57. The van der Waals surface area contributed by atoms with Gasteiger partial charge in [0.1, 0.15) is 11.4 Å². The van der Waals surface area contributed by atoms with E-state index in [2.05, 4.69) is 10.3 Å². The number of carbonyl (C=O) groups excluding carboxylic acids is 2. The first-order chi connectivity index (χ1) is 16.5. The van der Waals surface area contributed by atoms with Crippen molar-refractivity contribution < 1.29 is 38.2 Å². The third-order valence-electron chi connectivity index (χ3n) is 4.56. The molecule has 2 aromatic carbocycles. The van der Waals surface area contributed by atoms with Gasteiger partial charge in [0.05, 0.1) is 39.6 Å². The van der Waals surface area contributed by atoms with Crippen LogP contribution in [-0.4, -0.2) is 51.8 Å². The highest BCUT2D eigenvalue weighted by atomic mass is 16.7. The second kappa shape index (κ2) is 11.3. The van der Waals surface area contributed by atoms with Crippen molar-refractivity contribution in [2.24, 2.45) is 10.3 Å². The fourth-order valence-electron chi connectivity index (χ4n) is 2.79. The predicted molar refractivity (Wildman–Crippen MR) is 123 cm³/mol. The first-order valence-electron chi connectivity index (χ1n) is 9.88. The maximum Gasteiger partial charge on any atom is 0.365 e. The Labute approximate surface area is 195 Å². The first kappa shape index (κ1) is 24.1. The number of hydrogen-bond donors (Lipinski definition) is 0. The van der Waals surface area contributed by atoms with Crippen LogP contribution in [0.3, 0.4) is 0 Å². The lowest BCUT2D eigenvalue weighted by Crippen LogP contribution is -2.07. The Hall–Kier alpha value is -4.60. The fraction of sp³-hybridized carbons (Fsp3) is 0.167. The summed E-state index contributed by atoms with van der Waals surface area (Å²) in [7, 11) is 5.93. The molecule has 0 amide bonds. The van der Waals surface area contributed by atoms with Gasteiger partial charge in [-0.25, -0.2) is 9.59 Å². The molecule has 0 atom stereocenters. The minimum Gasteiger partial charge on any atom is -0.493 e. The second-order valence-corrected chi connectivity index (χ2v) is 6.60. The summed E-state index contributed by atoms with van der Waals surface area (Å²) in [4.78, 5) is 34.4. The molecule has 0 saturated carbocycles. The van der Waals surface area contributed by atoms with Gasteiger partial charge in [-0.15, -0.1) is 0 Å². The number of methoxy groups -OCH3 is 4. The Morgan fingerprint density at radius 1 is 0.559 bits per heavy atom. The Morgan fingerprint density at radius 2 is 0.912 bits per heavy atom. The van der Waals surface area contributed by atoms with Crippen molar-refractivity contribution >= 4 is 23.4 Å². The molecule has 0 aromatic heterocycles. The summed E-state index contributed by atoms with van der Waals surface area (Å²) in [6, 6.07) is 9.24. The van der Waals surface area contributed by atoms with E-state index in [9.17, 15) is 9.59 Å². The maximum absolute atomic E-state index is 12.2. The minimum absolute atomic E-state index is 0.245. The molecule has 176 valence electrons. The summed E-state index contributed by atoms with van der Waals surface area (Å²) >= 11 is 0. The number of nitrogens with zero attached hydrogens (tertiary/aromatic N) is 2. The van der Waals surface area contributed by atoms with Crippen LogP contribution >= 0.6 is 0 Å². The molecule has 0 bridgehead atoms. The molecule has 2 aromatic rings. The van der Waals surface area contributed by atoms with E-state index < -0.39 is 11.9 Å². The van der Waals surface area contributed by atoms with Gasteiger partial charge in [-0.2, -0.15) is 0 Å². The zero-order valence-electron chi connectivity index (χ0n) is 18.9. The molecule has 0 radical (unpaired) electrons. The van der Waals surface area contributed by atoms with Crippen molar-refractivity contribution in [3.05, 3.63) is 71.8 Å². The van der Waals surface area contributed by atoms with Crippen LogP contribution in [0.4, 0.5) is 0 Å². The quantitative estimate of drug-likeness (QED) is 0.330. The maximum atomic E-state index is 12.2. The Bertz CT molecular complexity index is 1090. The van der Waals surface area contributed by atoms with Gasteiger partial charge in [0.15, 0.2) is 23.0 Å². The largest absolute Gasteiger partial charge is 0.493 e. The Morgan fingerprint density at radius 3 is 1.24 bits per heavy atom. The molecule has 0 unspecified atom stereocenters. The van der Waals surface area contributed by atoms with E-state index in [4.69, 9.17) is 28.6 Å². The molecule has 0 spiro atoms. The van der Waals surface area contributed by atoms with Crippen molar-refractivity contribution in [2.45, 2.75) is 0 Å². The van der Waals surface area contributed by atoms with Crippen molar-refractivity contribution in [2.75, 3.05) is 28.4 Å². The fourth-order valence-corrected chi connectivity index (χ4v) is 2.79. The van der Waals surface area contributed by atoms with Gasteiger partial charge in [-0.1, -0.05) is 10.3 Å². The van der Waals surface area contributed by atoms with E-state index in [0.717, 1.165) is 0 Å². The summed E-state index contributed by atoms with van der Waals surface area (Å²) in [6.07, 6.45) is 6.19. The molecule has 10 nitrogen and oxygen atoms in total. The molecule has 3 rings (SSSR count). The molecule has 34 heavy (non-hydrogen) atoms. The molecule has 0 aliphatic heterocycles. The van der Waals surface area contributed by atoms with Crippen molar-refractivity contribution in [3.8, 4) is 23.0 Å². The highest BCUT2D eigenvalue weighted by molar-refractivity contribution is 6.18. The van der Waals surface area contributed by atoms with Crippen LogP contribution in [0.15, 0.2) is 71.0 Å². The summed E-state index contributed by atoms with van der Waals surface area (Å²) in [5.74, 6) is 0.428. The van der Waals surface area contributed by atoms with E-state index in [1.54, 1.807) is 36.4 Å². The number of allylic oxidation sites excluding steroid dienone is 4. The van der Waals surface area contributed by atoms with Gasteiger partial charge < -0.3 is 28.6 Å². The van der Waals surface area contributed by atoms with E-state index in [0.29, 0.717) is 34.4 Å². The number of oxime groups is 2. The van der Waals surface area contributed by atoms with Gasteiger partial charge in [0.2, 0.25) is 0 Å². The molecule has 0 heterocycles. The molecular formula is C24H22N2O8. The van der Waals surface area contributed by atoms with E-state index >= 15 is 0 Å². The highest BCUT2D eigenvalue weighted by Gasteiger charge is 2.14. The summed E-state index contributed by atoms with van der Waals surface area (Å²) in [5.41, 5.74) is 1.21. The number of carbonyl (C=O) groups is 2. The van der Waals surface area contributed by atoms with Crippen LogP contribution in [0.2, 0.25) is 0 Å². The first-order valence-corrected chi connectivity index (χ1v) is 9.88. The van der Waals surface area contributed by atoms with E-state index in [-0.39, 0.29) is 11.1 Å².